The van der Waals surface area contributed by atoms with Crippen LogP contribution < -0.4 is 5.63 Å². The number of esters is 1. The molecule has 5 rings (SSSR count). The molecule has 1 aromatic heterocycles. The first-order valence-electron chi connectivity index (χ1n) is 11.1. The van der Waals surface area contributed by atoms with Gasteiger partial charge in [0.25, 0.3) is 11.8 Å². The molecule has 1 aliphatic rings. The fourth-order valence-corrected chi connectivity index (χ4v) is 4.31. The van der Waals surface area contributed by atoms with Crippen LogP contribution in [-0.2, 0) is 22.6 Å². The zero-order chi connectivity index (χ0) is 24.5. The Hall–Kier alpha value is -4.52. The molecule has 0 bridgehead atoms. The molecule has 7 heteroatoms. The van der Waals surface area contributed by atoms with Gasteiger partial charge in [-0.05, 0) is 36.2 Å². The van der Waals surface area contributed by atoms with E-state index in [0.29, 0.717) is 16.5 Å². The van der Waals surface area contributed by atoms with Crippen LogP contribution in [0.15, 0.2) is 88.1 Å². The number of hydrogen-bond acceptors (Lipinski definition) is 6. The van der Waals surface area contributed by atoms with Crippen LogP contribution in [0.5, 0.6) is 0 Å². The van der Waals surface area contributed by atoms with Crippen molar-refractivity contribution in [3.63, 3.8) is 0 Å². The van der Waals surface area contributed by atoms with E-state index in [1.54, 1.807) is 36.4 Å². The SMILES string of the molecule is Cc1ccc2c(COC(=O)[C@H](Cc3ccccc3)N3C(=O)c4ccccc4C3=O)cc(=O)oc2c1. The summed E-state index contributed by atoms with van der Waals surface area (Å²) in [6.45, 7) is 1.67. The smallest absolute Gasteiger partial charge is 0.336 e. The van der Waals surface area contributed by atoms with E-state index in [9.17, 15) is 19.2 Å². The molecule has 0 saturated carbocycles. The molecule has 0 spiro atoms. The van der Waals surface area contributed by atoms with Gasteiger partial charge in [-0.25, -0.2) is 9.59 Å². The summed E-state index contributed by atoms with van der Waals surface area (Å²) < 4.78 is 10.9. The number of fused-ring (bicyclic) bond motifs is 2. The lowest BCUT2D eigenvalue weighted by Crippen LogP contribution is -2.47. The first-order chi connectivity index (χ1) is 16.9. The standard InChI is InChI=1S/C28H21NO6/c1-17-11-12-20-19(15-25(30)35-24(20)13-17)16-34-28(33)23(14-18-7-3-2-4-8-18)29-26(31)21-9-5-6-10-22(21)27(29)32/h2-13,15,23H,14,16H2,1H3/t23-/m0/s1. The molecule has 0 radical (unpaired) electrons. The van der Waals surface area contributed by atoms with Crippen molar-refractivity contribution in [1.82, 2.24) is 4.90 Å². The molecule has 2 amide bonds. The second-order valence-corrected chi connectivity index (χ2v) is 8.43. The quantitative estimate of drug-likeness (QED) is 0.241. The number of hydrogen-bond donors (Lipinski definition) is 0. The van der Waals surface area contributed by atoms with Crippen molar-refractivity contribution in [2.75, 3.05) is 0 Å². The van der Waals surface area contributed by atoms with Crippen LogP contribution >= 0.6 is 0 Å². The Morgan fingerprint density at radius 2 is 1.54 bits per heavy atom. The van der Waals surface area contributed by atoms with E-state index < -0.39 is 29.5 Å². The van der Waals surface area contributed by atoms with Crippen LogP contribution in [0, 0.1) is 6.92 Å². The molecule has 0 unspecified atom stereocenters. The van der Waals surface area contributed by atoms with Crippen molar-refractivity contribution in [2.45, 2.75) is 26.0 Å². The number of carbonyl (C=O) groups is 3. The number of rotatable bonds is 6. The van der Waals surface area contributed by atoms with E-state index in [4.69, 9.17) is 9.15 Å². The van der Waals surface area contributed by atoms with Crippen LogP contribution in [0.1, 0.15) is 37.4 Å². The number of nitrogens with zero attached hydrogens (tertiary/aromatic N) is 1. The topological polar surface area (TPSA) is 93.9 Å². The van der Waals surface area contributed by atoms with Gasteiger partial charge < -0.3 is 9.15 Å². The summed E-state index contributed by atoms with van der Waals surface area (Å²) in [6, 6.07) is 21.1. The average molecular weight is 467 g/mol. The second-order valence-electron chi connectivity index (χ2n) is 8.43. The molecule has 2 heterocycles. The van der Waals surface area contributed by atoms with E-state index in [-0.39, 0.29) is 24.2 Å². The molecular formula is C28H21NO6. The van der Waals surface area contributed by atoms with E-state index >= 15 is 0 Å². The Morgan fingerprint density at radius 1 is 0.886 bits per heavy atom. The first kappa shape index (κ1) is 22.3. The summed E-state index contributed by atoms with van der Waals surface area (Å²) in [6.07, 6.45) is 0.0992. The third-order valence-corrected chi connectivity index (χ3v) is 6.04. The minimum absolute atomic E-state index is 0.0992. The van der Waals surface area contributed by atoms with Crippen molar-refractivity contribution >= 4 is 28.8 Å². The summed E-state index contributed by atoms with van der Waals surface area (Å²) in [7, 11) is 0. The minimum atomic E-state index is -1.17. The molecule has 1 aliphatic heterocycles. The van der Waals surface area contributed by atoms with Crippen molar-refractivity contribution in [3.05, 3.63) is 117 Å². The zero-order valence-electron chi connectivity index (χ0n) is 18.9. The highest BCUT2D eigenvalue weighted by atomic mass is 16.5. The van der Waals surface area contributed by atoms with Gasteiger partial charge in [0.05, 0.1) is 11.1 Å². The van der Waals surface area contributed by atoms with E-state index in [1.165, 1.54) is 6.07 Å². The Kier molecular flexibility index (Phi) is 5.74. The lowest BCUT2D eigenvalue weighted by Gasteiger charge is -2.25. The van der Waals surface area contributed by atoms with Crippen LogP contribution in [0.2, 0.25) is 0 Å². The van der Waals surface area contributed by atoms with Gasteiger partial charge in [-0.3, -0.25) is 14.5 Å². The van der Waals surface area contributed by atoms with E-state index in [1.807, 2.05) is 43.3 Å². The maximum absolute atomic E-state index is 13.4. The monoisotopic (exact) mass is 467 g/mol. The number of ether oxygens (including phenoxy) is 1. The maximum Gasteiger partial charge on any atom is 0.336 e. The number of benzene rings is 3. The van der Waals surface area contributed by atoms with Crippen molar-refractivity contribution in [1.29, 1.82) is 0 Å². The minimum Gasteiger partial charge on any atom is -0.459 e. The van der Waals surface area contributed by atoms with E-state index in [2.05, 4.69) is 0 Å². The van der Waals surface area contributed by atoms with Crippen LogP contribution in [0.3, 0.4) is 0 Å². The molecule has 174 valence electrons. The second kappa shape index (κ2) is 9.02. The average Bonchev–Trinajstić information content (AvgIpc) is 3.11. The molecule has 0 fully saturated rings. The number of carbonyl (C=O) groups excluding carboxylic acids is 3. The zero-order valence-corrected chi connectivity index (χ0v) is 18.9. The van der Waals surface area contributed by atoms with Gasteiger partial charge in [0, 0.05) is 23.4 Å². The Morgan fingerprint density at radius 3 is 2.23 bits per heavy atom. The van der Waals surface area contributed by atoms with Crippen molar-refractivity contribution in [2.24, 2.45) is 0 Å². The summed E-state index contributed by atoms with van der Waals surface area (Å²) in [5.74, 6) is -1.81. The van der Waals surface area contributed by atoms with Gasteiger partial charge in [-0.1, -0.05) is 54.6 Å². The molecule has 0 saturated heterocycles. The van der Waals surface area contributed by atoms with Crippen molar-refractivity contribution in [3.8, 4) is 0 Å². The Balaban J connectivity index is 1.46. The summed E-state index contributed by atoms with van der Waals surface area (Å²) in [4.78, 5) is 52.6. The molecular weight excluding hydrogens is 446 g/mol. The van der Waals surface area contributed by atoms with Gasteiger partial charge >= 0.3 is 11.6 Å². The third kappa shape index (κ3) is 4.24. The van der Waals surface area contributed by atoms with Gasteiger partial charge in [-0.15, -0.1) is 0 Å². The molecule has 7 nitrogen and oxygen atoms in total. The van der Waals surface area contributed by atoms with Crippen LogP contribution in [-0.4, -0.2) is 28.7 Å². The predicted molar refractivity (Wildman–Crippen MR) is 128 cm³/mol. The number of aryl methyl sites for hydroxylation is 1. The number of imide groups is 1. The molecule has 3 aromatic carbocycles. The fraction of sp³-hybridized carbons (Fsp3) is 0.143. The normalized spacial score (nSPS) is 13.7. The molecule has 0 N–H and O–H groups in total. The molecule has 1 atom stereocenters. The van der Waals surface area contributed by atoms with Gasteiger partial charge in [-0.2, -0.15) is 0 Å². The lowest BCUT2D eigenvalue weighted by atomic mass is 10.0. The summed E-state index contributed by atoms with van der Waals surface area (Å²) in [5, 5.41) is 0.642. The summed E-state index contributed by atoms with van der Waals surface area (Å²) in [5.41, 5.74) is 2.51. The van der Waals surface area contributed by atoms with Gasteiger partial charge in [0.1, 0.15) is 18.2 Å². The largest absolute Gasteiger partial charge is 0.459 e. The Bertz CT molecular complexity index is 1490. The first-order valence-corrected chi connectivity index (χ1v) is 11.1. The Labute approximate surface area is 200 Å². The highest BCUT2D eigenvalue weighted by Crippen LogP contribution is 2.27. The van der Waals surface area contributed by atoms with Gasteiger partial charge in [0.15, 0.2) is 0 Å². The predicted octanol–water partition coefficient (Wildman–Crippen LogP) is 4.05. The fourth-order valence-electron chi connectivity index (χ4n) is 4.31. The third-order valence-electron chi connectivity index (χ3n) is 6.04. The van der Waals surface area contributed by atoms with Crippen molar-refractivity contribution < 1.29 is 23.5 Å². The lowest BCUT2D eigenvalue weighted by molar-refractivity contribution is -0.149. The highest BCUT2D eigenvalue weighted by Gasteiger charge is 2.43. The highest BCUT2D eigenvalue weighted by molar-refractivity contribution is 6.22. The number of amides is 2. The van der Waals surface area contributed by atoms with Gasteiger partial charge in [0.2, 0.25) is 0 Å². The van der Waals surface area contributed by atoms with E-state index in [0.717, 1.165) is 16.0 Å². The maximum atomic E-state index is 13.4. The van der Waals surface area contributed by atoms with Crippen LogP contribution in [0.25, 0.3) is 11.0 Å². The molecule has 0 aliphatic carbocycles. The molecule has 4 aromatic rings. The summed E-state index contributed by atoms with van der Waals surface area (Å²) >= 11 is 0. The van der Waals surface area contributed by atoms with Crippen LogP contribution in [0.4, 0.5) is 0 Å². The molecule has 35 heavy (non-hydrogen) atoms.